The van der Waals surface area contributed by atoms with Crippen molar-refractivity contribution in [2.75, 3.05) is 0 Å². The normalized spacial score (nSPS) is 36.6. The maximum absolute atomic E-state index is 14.8. The Morgan fingerprint density at radius 3 is 2.12 bits per heavy atom. The fourth-order valence-corrected chi connectivity index (χ4v) is 4.77. The largest absolute Gasteiger partial charge is 0.256 e. The smallest absolute Gasteiger partial charge is 0.247 e. The van der Waals surface area contributed by atoms with Gasteiger partial charge in [-0.05, 0) is 49.3 Å². The average molecular weight is 382 g/mol. The maximum Gasteiger partial charge on any atom is 0.256 e. The minimum absolute atomic E-state index is 0.0913. The summed E-state index contributed by atoms with van der Waals surface area (Å²) >= 11 is 0. The third-order valence-electron chi connectivity index (χ3n) is 5.99. The summed E-state index contributed by atoms with van der Waals surface area (Å²) in [5.74, 6) is -12.7. The van der Waals surface area contributed by atoms with Crippen LogP contribution in [0, 0.1) is 35.2 Å². The number of rotatable bonds is 3. The van der Waals surface area contributed by atoms with Crippen molar-refractivity contribution < 1.29 is 30.7 Å². The molecule has 7 heteroatoms. The summed E-state index contributed by atoms with van der Waals surface area (Å²) in [6.45, 7) is 1.75. The molecule has 146 valence electrons. The van der Waals surface area contributed by atoms with Gasteiger partial charge in [-0.3, -0.25) is 0 Å². The van der Waals surface area contributed by atoms with Crippen molar-refractivity contribution in [2.45, 2.75) is 63.2 Å². The van der Waals surface area contributed by atoms with Gasteiger partial charge in [0.2, 0.25) is 0 Å². The van der Waals surface area contributed by atoms with Gasteiger partial charge in [0.25, 0.3) is 5.92 Å². The lowest BCUT2D eigenvalue weighted by molar-refractivity contribution is -0.109. The number of alkyl halides is 4. The van der Waals surface area contributed by atoms with Crippen molar-refractivity contribution in [1.29, 1.82) is 0 Å². The molecule has 0 saturated heterocycles. The van der Waals surface area contributed by atoms with Crippen molar-refractivity contribution in [3.8, 4) is 0 Å². The van der Waals surface area contributed by atoms with Crippen LogP contribution >= 0.6 is 0 Å². The van der Waals surface area contributed by atoms with E-state index in [4.69, 9.17) is 0 Å². The molecular weight excluding hydrogens is 361 g/mol. The maximum atomic E-state index is 14.8. The van der Waals surface area contributed by atoms with Gasteiger partial charge in [0.05, 0.1) is 5.92 Å². The van der Waals surface area contributed by atoms with E-state index in [9.17, 15) is 30.7 Å². The molecule has 0 amide bonds. The first kappa shape index (κ1) is 19.5. The standard InChI is InChI=1S/C19H21F7/c1-2-3-11-8-12-13(20)4-9(5-14(21)17(12)19(11,25)26)10-6-15(22)18(24)16(23)7-10/h6-7,9,11-14,17H,2-5,8H2,1H3. The second-order valence-electron chi connectivity index (χ2n) is 7.58. The zero-order chi connectivity index (χ0) is 19.2. The number of halogens is 7. The first-order valence-corrected chi connectivity index (χ1v) is 8.97. The molecule has 6 unspecified atom stereocenters. The molecule has 2 aliphatic carbocycles. The molecule has 2 fully saturated rings. The average Bonchev–Trinajstić information content (AvgIpc) is 2.74. The lowest BCUT2D eigenvalue weighted by atomic mass is 9.86. The number of benzene rings is 1. The predicted octanol–water partition coefficient (Wildman–Crippen LogP) is 6.35. The molecule has 0 N–H and O–H groups in total. The highest BCUT2D eigenvalue weighted by atomic mass is 19.3. The minimum atomic E-state index is -3.31. The molecular formula is C19H21F7. The highest BCUT2D eigenvalue weighted by molar-refractivity contribution is 5.24. The Kier molecular flexibility index (Phi) is 5.28. The zero-order valence-electron chi connectivity index (χ0n) is 14.3. The van der Waals surface area contributed by atoms with Gasteiger partial charge in [-0.2, -0.15) is 0 Å². The molecule has 0 radical (unpaired) electrons. The first-order valence-electron chi connectivity index (χ1n) is 8.97. The molecule has 0 nitrogen and oxygen atoms in total. The van der Waals surface area contributed by atoms with Crippen molar-refractivity contribution in [3.63, 3.8) is 0 Å². The molecule has 0 aromatic heterocycles. The topological polar surface area (TPSA) is 0 Å². The van der Waals surface area contributed by atoms with Crippen molar-refractivity contribution in [3.05, 3.63) is 35.1 Å². The lowest BCUT2D eigenvalue weighted by Crippen LogP contribution is -2.38. The number of hydrogen-bond donors (Lipinski definition) is 0. The third-order valence-corrected chi connectivity index (χ3v) is 5.99. The van der Waals surface area contributed by atoms with Crippen LogP contribution in [0.4, 0.5) is 30.7 Å². The van der Waals surface area contributed by atoms with Gasteiger partial charge in [0, 0.05) is 11.8 Å². The molecule has 0 aliphatic heterocycles. The van der Waals surface area contributed by atoms with Crippen molar-refractivity contribution in [1.82, 2.24) is 0 Å². The number of hydrogen-bond acceptors (Lipinski definition) is 0. The third kappa shape index (κ3) is 3.22. The summed E-state index contributed by atoms with van der Waals surface area (Å²) in [4.78, 5) is 0. The van der Waals surface area contributed by atoms with E-state index < -0.39 is 65.8 Å². The monoisotopic (exact) mass is 382 g/mol. The Balaban J connectivity index is 1.90. The molecule has 1 aromatic carbocycles. The Morgan fingerprint density at radius 1 is 0.962 bits per heavy atom. The van der Waals surface area contributed by atoms with Gasteiger partial charge < -0.3 is 0 Å². The quantitative estimate of drug-likeness (QED) is 0.422. The van der Waals surface area contributed by atoms with Crippen LogP contribution in [0.2, 0.25) is 0 Å². The van der Waals surface area contributed by atoms with Crippen LogP contribution in [0.15, 0.2) is 12.1 Å². The van der Waals surface area contributed by atoms with Gasteiger partial charge in [-0.15, -0.1) is 0 Å². The zero-order valence-corrected chi connectivity index (χ0v) is 14.3. The number of fused-ring (bicyclic) bond motifs is 1. The second kappa shape index (κ2) is 7.04. The molecule has 2 saturated carbocycles. The van der Waals surface area contributed by atoms with E-state index in [1.807, 2.05) is 0 Å². The van der Waals surface area contributed by atoms with Crippen LogP contribution in [0.25, 0.3) is 0 Å². The fourth-order valence-electron chi connectivity index (χ4n) is 4.77. The summed E-state index contributed by atoms with van der Waals surface area (Å²) in [5.41, 5.74) is -0.0971. The highest BCUT2D eigenvalue weighted by Crippen LogP contribution is 2.57. The van der Waals surface area contributed by atoms with Crippen LogP contribution in [-0.2, 0) is 0 Å². The molecule has 2 aliphatic rings. The van der Waals surface area contributed by atoms with Crippen LogP contribution in [-0.4, -0.2) is 18.3 Å². The van der Waals surface area contributed by atoms with Crippen molar-refractivity contribution >= 4 is 0 Å². The molecule has 0 bridgehead atoms. The summed E-state index contributed by atoms with van der Waals surface area (Å²) in [5, 5.41) is 0. The SMILES string of the molecule is CCCC1CC2C(F)CC(c3cc(F)c(F)c(F)c3)CC(F)C2C1(F)F. The fraction of sp³-hybridized carbons (Fsp3) is 0.684. The lowest BCUT2D eigenvalue weighted by Gasteiger charge is -2.28. The summed E-state index contributed by atoms with van der Waals surface area (Å²) in [7, 11) is 0. The van der Waals surface area contributed by atoms with E-state index in [0.717, 1.165) is 0 Å². The van der Waals surface area contributed by atoms with Gasteiger partial charge in [-0.1, -0.05) is 13.3 Å². The Morgan fingerprint density at radius 2 is 1.54 bits per heavy atom. The second-order valence-corrected chi connectivity index (χ2v) is 7.58. The Hall–Kier alpha value is -1.27. The van der Waals surface area contributed by atoms with Gasteiger partial charge in [-0.25, -0.2) is 30.7 Å². The Bertz CT molecular complexity index is 636. The van der Waals surface area contributed by atoms with Gasteiger partial charge >= 0.3 is 0 Å². The minimum Gasteiger partial charge on any atom is -0.247 e. The summed E-state index contributed by atoms with van der Waals surface area (Å²) in [6, 6.07) is 1.39. The van der Waals surface area contributed by atoms with Crippen molar-refractivity contribution in [2.24, 2.45) is 17.8 Å². The molecule has 0 heterocycles. The van der Waals surface area contributed by atoms with E-state index in [-0.39, 0.29) is 24.8 Å². The van der Waals surface area contributed by atoms with Crippen LogP contribution in [0.5, 0.6) is 0 Å². The molecule has 26 heavy (non-hydrogen) atoms. The van der Waals surface area contributed by atoms with Crippen LogP contribution < -0.4 is 0 Å². The van der Waals surface area contributed by atoms with Gasteiger partial charge in [0.1, 0.15) is 12.3 Å². The van der Waals surface area contributed by atoms with E-state index in [2.05, 4.69) is 0 Å². The summed E-state index contributed by atoms with van der Waals surface area (Å²) < 4.78 is 98.9. The van der Waals surface area contributed by atoms with E-state index >= 15 is 0 Å². The van der Waals surface area contributed by atoms with E-state index in [1.165, 1.54) is 0 Å². The summed E-state index contributed by atoms with van der Waals surface area (Å²) in [6.07, 6.45) is -3.83. The van der Waals surface area contributed by atoms with E-state index in [1.54, 1.807) is 6.92 Å². The predicted molar refractivity (Wildman–Crippen MR) is 83.0 cm³/mol. The molecule has 3 rings (SSSR count). The van der Waals surface area contributed by atoms with Gasteiger partial charge in [0.15, 0.2) is 17.5 Å². The van der Waals surface area contributed by atoms with E-state index in [0.29, 0.717) is 18.6 Å². The highest BCUT2D eigenvalue weighted by Gasteiger charge is 2.62. The van der Waals surface area contributed by atoms with Crippen LogP contribution in [0.3, 0.4) is 0 Å². The molecule has 6 atom stereocenters. The first-order chi connectivity index (χ1) is 12.2. The van der Waals surface area contributed by atoms with Crippen LogP contribution in [0.1, 0.15) is 50.5 Å². The molecule has 0 spiro atoms. The Labute approximate surface area is 147 Å². The molecule has 1 aromatic rings.